The smallest absolute Gasteiger partial charge is 0.391 e. The molecule has 0 aromatic carbocycles. The van der Waals surface area contributed by atoms with Crippen LogP contribution in [0, 0.1) is 17.8 Å². The third-order valence-electron chi connectivity index (χ3n) is 3.80. The van der Waals surface area contributed by atoms with E-state index in [1.165, 1.54) is 0 Å². The van der Waals surface area contributed by atoms with Gasteiger partial charge in [0.1, 0.15) is 0 Å². The summed E-state index contributed by atoms with van der Waals surface area (Å²) >= 11 is 0. The van der Waals surface area contributed by atoms with Gasteiger partial charge in [-0.2, -0.15) is 13.2 Å². The number of hydrogen-bond donors (Lipinski definition) is 1. The fourth-order valence-electron chi connectivity index (χ4n) is 2.87. The molecule has 2 rings (SSSR count). The van der Waals surface area contributed by atoms with Crippen LogP contribution in [0.25, 0.3) is 0 Å². The Morgan fingerprint density at radius 3 is 2.74 bits per heavy atom. The molecule has 0 saturated carbocycles. The van der Waals surface area contributed by atoms with Gasteiger partial charge in [-0.25, -0.2) is 0 Å². The first kappa shape index (κ1) is 14.0. The maximum Gasteiger partial charge on any atom is 0.396 e. The number of fused-ring (bicyclic) bond motifs is 1. The van der Waals surface area contributed by atoms with E-state index in [1.54, 1.807) is 25.3 Å². The van der Waals surface area contributed by atoms with Crippen molar-refractivity contribution in [3.63, 3.8) is 0 Å². The lowest BCUT2D eigenvalue weighted by molar-refractivity contribution is -0.171. The second kappa shape index (κ2) is 5.27. The van der Waals surface area contributed by atoms with Crippen LogP contribution in [0.2, 0.25) is 0 Å². The molecule has 0 aliphatic heterocycles. The van der Waals surface area contributed by atoms with Gasteiger partial charge in [-0.15, -0.1) is 0 Å². The molecule has 19 heavy (non-hydrogen) atoms. The summed E-state index contributed by atoms with van der Waals surface area (Å²) in [6.45, 7) is 5.84. The molecule has 2 aliphatic carbocycles. The molecule has 0 radical (unpaired) electrons. The minimum Gasteiger partial charge on any atom is -0.391 e. The van der Waals surface area contributed by atoms with Gasteiger partial charge in [0.2, 0.25) is 0 Å². The molecule has 0 spiro atoms. The summed E-state index contributed by atoms with van der Waals surface area (Å²) in [6, 6.07) is 0. The van der Waals surface area contributed by atoms with E-state index in [0.29, 0.717) is 18.5 Å². The molecule has 0 bridgehead atoms. The molecule has 0 aromatic heterocycles. The highest BCUT2D eigenvalue weighted by atomic mass is 19.4. The first-order valence-corrected chi connectivity index (χ1v) is 6.40. The molecule has 1 N–H and O–H groups in total. The quantitative estimate of drug-likeness (QED) is 0.764. The Morgan fingerprint density at radius 2 is 2.11 bits per heavy atom. The van der Waals surface area contributed by atoms with Crippen molar-refractivity contribution >= 4 is 0 Å². The molecule has 0 heterocycles. The van der Waals surface area contributed by atoms with Crippen LogP contribution in [0.3, 0.4) is 0 Å². The van der Waals surface area contributed by atoms with Crippen LogP contribution in [-0.2, 0) is 0 Å². The highest BCUT2D eigenvalue weighted by Crippen LogP contribution is 2.46. The Morgan fingerprint density at radius 1 is 1.37 bits per heavy atom. The summed E-state index contributed by atoms with van der Waals surface area (Å²) in [5.41, 5.74) is 1.28. The monoisotopic (exact) mass is 269 g/mol. The molecule has 2 aliphatic rings. The summed E-state index contributed by atoms with van der Waals surface area (Å²) in [4.78, 5) is 0. The fourth-order valence-corrected chi connectivity index (χ4v) is 2.87. The summed E-state index contributed by atoms with van der Waals surface area (Å²) in [5, 5.41) is 3.01. The van der Waals surface area contributed by atoms with Gasteiger partial charge in [-0.3, -0.25) is 0 Å². The van der Waals surface area contributed by atoms with Crippen molar-refractivity contribution in [2.75, 3.05) is 6.54 Å². The maximum absolute atomic E-state index is 13.1. The van der Waals surface area contributed by atoms with Crippen molar-refractivity contribution < 1.29 is 13.2 Å². The van der Waals surface area contributed by atoms with Crippen LogP contribution in [0.5, 0.6) is 0 Å². The second-order valence-electron chi connectivity index (χ2n) is 5.16. The number of nitrogens with one attached hydrogen (secondary N) is 1. The van der Waals surface area contributed by atoms with Crippen LogP contribution in [0.4, 0.5) is 13.2 Å². The van der Waals surface area contributed by atoms with Gasteiger partial charge in [0, 0.05) is 12.5 Å². The topological polar surface area (TPSA) is 12.0 Å². The summed E-state index contributed by atoms with van der Waals surface area (Å²) < 4.78 is 39.4. The fraction of sp³-hybridized carbons (Fsp3) is 0.467. The van der Waals surface area contributed by atoms with Gasteiger partial charge in [0.25, 0.3) is 0 Å². The van der Waals surface area contributed by atoms with Crippen LogP contribution in [-0.4, -0.2) is 12.7 Å². The van der Waals surface area contributed by atoms with Crippen LogP contribution < -0.4 is 5.32 Å². The zero-order valence-electron chi connectivity index (χ0n) is 10.9. The Bertz CT molecular complexity index is 443. The highest BCUT2D eigenvalue weighted by molar-refractivity contribution is 5.35. The predicted octanol–water partition coefficient (Wildman–Crippen LogP) is 3.98. The summed E-state index contributed by atoms with van der Waals surface area (Å²) in [7, 11) is 0. The molecule has 104 valence electrons. The SMILES string of the molecule is C=CNCC1C=CC2C(=CC=C(C)C2C(F)(F)F)C1. The van der Waals surface area contributed by atoms with Gasteiger partial charge in [-0.05, 0) is 25.5 Å². The number of allylic oxidation sites excluding steroid dienone is 5. The van der Waals surface area contributed by atoms with Crippen molar-refractivity contribution in [1.82, 2.24) is 5.32 Å². The van der Waals surface area contributed by atoms with Crippen molar-refractivity contribution in [2.45, 2.75) is 19.5 Å². The number of hydrogen-bond acceptors (Lipinski definition) is 1. The van der Waals surface area contributed by atoms with Crippen molar-refractivity contribution in [1.29, 1.82) is 0 Å². The Labute approximate surface area is 111 Å². The molecular formula is C15H18F3N. The van der Waals surface area contributed by atoms with E-state index >= 15 is 0 Å². The largest absolute Gasteiger partial charge is 0.396 e. The third-order valence-corrected chi connectivity index (χ3v) is 3.80. The zero-order chi connectivity index (χ0) is 14.0. The minimum absolute atomic E-state index is 0.237. The molecule has 0 saturated heterocycles. The van der Waals surface area contributed by atoms with Gasteiger partial charge in [-0.1, -0.05) is 42.0 Å². The van der Waals surface area contributed by atoms with Crippen molar-refractivity contribution in [2.24, 2.45) is 17.8 Å². The zero-order valence-corrected chi connectivity index (χ0v) is 10.9. The van der Waals surface area contributed by atoms with Crippen LogP contribution in [0.15, 0.2) is 48.2 Å². The molecular weight excluding hydrogens is 251 g/mol. The molecule has 0 aromatic rings. The maximum atomic E-state index is 13.1. The predicted molar refractivity (Wildman–Crippen MR) is 70.3 cm³/mol. The van der Waals surface area contributed by atoms with Gasteiger partial charge >= 0.3 is 6.18 Å². The molecule has 4 heteroatoms. The Hall–Kier alpha value is -1.45. The lowest BCUT2D eigenvalue weighted by Gasteiger charge is -2.36. The molecule has 3 atom stereocenters. The molecule has 1 nitrogen and oxygen atoms in total. The average molecular weight is 269 g/mol. The molecule has 3 unspecified atom stereocenters. The number of alkyl halides is 3. The lowest BCUT2D eigenvalue weighted by atomic mass is 9.71. The van der Waals surface area contributed by atoms with E-state index in [9.17, 15) is 13.2 Å². The van der Waals surface area contributed by atoms with Crippen LogP contribution in [0.1, 0.15) is 13.3 Å². The first-order valence-electron chi connectivity index (χ1n) is 6.40. The van der Waals surface area contributed by atoms with Gasteiger partial charge in [0.15, 0.2) is 0 Å². The average Bonchev–Trinajstić information content (AvgIpc) is 2.34. The van der Waals surface area contributed by atoms with E-state index in [4.69, 9.17) is 0 Å². The van der Waals surface area contributed by atoms with E-state index in [-0.39, 0.29) is 5.92 Å². The third kappa shape index (κ3) is 2.94. The van der Waals surface area contributed by atoms with E-state index in [0.717, 1.165) is 5.57 Å². The minimum atomic E-state index is -4.18. The van der Waals surface area contributed by atoms with E-state index < -0.39 is 18.0 Å². The van der Waals surface area contributed by atoms with Crippen LogP contribution >= 0.6 is 0 Å². The van der Waals surface area contributed by atoms with Crippen molar-refractivity contribution in [3.05, 3.63) is 48.2 Å². The second-order valence-corrected chi connectivity index (χ2v) is 5.16. The number of rotatable bonds is 3. The molecule has 0 amide bonds. The molecule has 0 fully saturated rings. The van der Waals surface area contributed by atoms with Gasteiger partial charge in [0.05, 0.1) is 5.92 Å². The normalized spacial score (nSPS) is 30.2. The lowest BCUT2D eigenvalue weighted by Crippen LogP contribution is -2.35. The van der Waals surface area contributed by atoms with E-state index in [2.05, 4.69) is 11.9 Å². The van der Waals surface area contributed by atoms with E-state index in [1.807, 2.05) is 12.2 Å². The van der Waals surface area contributed by atoms with Crippen molar-refractivity contribution in [3.8, 4) is 0 Å². The Balaban J connectivity index is 2.21. The summed E-state index contributed by atoms with van der Waals surface area (Å²) in [5.74, 6) is -1.65. The summed E-state index contributed by atoms with van der Waals surface area (Å²) in [6.07, 6.45) is 5.19. The standard InChI is InChI=1S/C15H18F3N/c1-3-19-9-11-5-7-13-12(8-11)6-4-10(2)14(13)15(16,17)18/h3-7,11,13-14,19H,1,8-9H2,2H3. The number of halogens is 3. The highest BCUT2D eigenvalue weighted by Gasteiger charge is 2.47. The first-order chi connectivity index (χ1) is 8.93. The van der Waals surface area contributed by atoms with Gasteiger partial charge < -0.3 is 5.32 Å². The Kier molecular flexibility index (Phi) is 3.88.